The topological polar surface area (TPSA) is 28.7 Å². The quantitative estimate of drug-likeness (QED) is 0.839. The molecule has 0 saturated heterocycles. The number of hydrogen-bond acceptors (Lipinski definition) is 1. The van der Waals surface area contributed by atoms with Crippen molar-refractivity contribution in [3.05, 3.63) is 29.6 Å². The van der Waals surface area contributed by atoms with Gasteiger partial charge in [-0.3, -0.25) is 0 Å². The predicted octanol–water partition coefficient (Wildman–Crippen LogP) is 3.75. The third-order valence-corrected chi connectivity index (χ3v) is 2.67. The van der Waals surface area contributed by atoms with Gasteiger partial charge in [-0.05, 0) is 24.6 Å². The summed E-state index contributed by atoms with van der Waals surface area (Å²) in [7, 11) is 0. The summed E-state index contributed by atoms with van der Waals surface area (Å²) in [6, 6.07) is 3.49. The smallest absolute Gasteiger partial charge is 0.342 e. The highest BCUT2D eigenvalue weighted by atomic mass is 35.5. The third-order valence-electron chi connectivity index (χ3n) is 2.41. The van der Waals surface area contributed by atoms with Gasteiger partial charge in [0.25, 0.3) is 0 Å². The van der Waals surface area contributed by atoms with Crippen LogP contribution in [0.2, 0.25) is 0 Å². The predicted molar refractivity (Wildman–Crippen MR) is 60.1 cm³/mol. The van der Waals surface area contributed by atoms with E-state index in [9.17, 15) is 13.2 Å². The number of aryl methyl sites for hydroxylation is 1. The first-order valence-corrected chi connectivity index (χ1v) is 5.66. The maximum atomic E-state index is 12.5. The third kappa shape index (κ3) is 2.72. The van der Waals surface area contributed by atoms with E-state index in [1.165, 1.54) is 6.07 Å². The molecule has 0 amide bonds. The van der Waals surface area contributed by atoms with Crippen molar-refractivity contribution in [2.45, 2.75) is 19.0 Å². The Balaban J connectivity index is 2.34. The lowest BCUT2D eigenvalue weighted by atomic mass is 10.2. The first-order valence-electron chi connectivity index (χ1n) is 5.12. The molecule has 0 atom stereocenters. The summed E-state index contributed by atoms with van der Waals surface area (Å²) in [6.07, 6.45) is -2.94. The van der Waals surface area contributed by atoms with E-state index < -0.39 is 11.7 Å². The Labute approximate surface area is 101 Å². The van der Waals surface area contributed by atoms with Gasteiger partial charge in [-0.15, -0.1) is 11.6 Å². The SMILES string of the molecule is FC(F)(F)c1ccc2nc(CCCCl)[nH]c2c1. The Morgan fingerprint density at radius 3 is 2.71 bits per heavy atom. The van der Waals surface area contributed by atoms with E-state index in [1.807, 2.05) is 0 Å². The summed E-state index contributed by atoms with van der Waals surface area (Å²) in [5.41, 5.74) is 0.282. The van der Waals surface area contributed by atoms with E-state index >= 15 is 0 Å². The molecule has 1 aromatic heterocycles. The fraction of sp³-hybridized carbons (Fsp3) is 0.364. The van der Waals surface area contributed by atoms with Gasteiger partial charge < -0.3 is 4.98 Å². The van der Waals surface area contributed by atoms with Gasteiger partial charge in [0.15, 0.2) is 0 Å². The Morgan fingerprint density at radius 2 is 2.06 bits per heavy atom. The Hall–Kier alpha value is -1.23. The number of rotatable bonds is 3. The molecule has 0 unspecified atom stereocenters. The van der Waals surface area contributed by atoms with Crippen LogP contribution in [-0.4, -0.2) is 15.8 Å². The summed E-state index contributed by atoms with van der Waals surface area (Å²) in [5.74, 6) is 1.17. The maximum absolute atomic E-state index is 12.5. The van der Waals surface area contributed by atoms with Crippen molar-refractivity contribution < 1.29 is 13.2 Å². The van der Waals surface area contributed by atoms with Crippen LogP contribution in [0, 0.1) is 0 Å². The van der Waals surface area contributed by atoms with Crippen LogP contribution in [0.5, 0.6) is 0 Å². The van der Waals surface area contributed by atoms with Crippen LogP contribution in [-0.2, 0) is 12.6 Å². The number of halogens is 4. The molecule has 17 heavy (non-hydrogen) atoms. The second-order valence-electron chi connectivity index (χ2n) is 3.71. The first-order chi connectivity index (χ1) is 8.00. The average molecular weight is 263 g/mol. The van der Waals surface area contributed by atoms with E-state index in [4.69, 9.17) is 11.6 Å². The summed E-state index contributed by atoms with van der Waals surface area (Å²) in [4.78, 5) is 7.06. The van der Waals surface area contributed by atoms with Crippen LogP contribution in [0.25, 0.3) is 11.0 Å². The number of H-pyrrole nitrogens is 1. The van der Waals surface area contributed by atoms with Crippen molar-refractivity contribution >= 4 is 22.6 Å². The fourth-order valence-corrected chi connectivity index (χ4v) is 1.73. The molecule has 1 heterocycles. The lowest BCUT2D eigenvalue weighted by Gasteiger charge is -2.05. The molecule has 0 radical (unpaired) electrons. The first kappa shape index (κ1) is 12.2. The molecule has 0 saturated carbocycles. The van der Waals surface area contributed by atoms with Gasteiger partial charge in [0.2, 0.25) is 0 Å². The summed E-state index contributed by atoms with van der Waals surface area (Å²) >= 11 is 5.54. The number of aromatic nitrogens is 2. The molecule has 92 valence electrons. The van der Waals surface area contributed by atoms with Crippen LogP contribution in [0.1, 0.15) is 17.8 Å². The molecule has 6 heteroatoms. The van der Waals surface area contributed by atoms with Crippen molar-refractivity contribution in [2.75, 3.05) is 5.88 Å². The largest absolute Gasteiger partial charge is 0.416 e. The van der Waals surface area contributed by atoms with E-state index in [2.05, 4.69) is 9.97 Å². The molecule has 0 aliphatic heterocycles. The number of alkyl halides is 4. The molecular formula is C11H10ClF3N2. The van der Waals surface area contributed by atoms with Crippen LogP contribution >= 0.6 is 11.6 Å². The normalized spacial score (nSPS) is 12.2. The lowest BCUT2D eigenvalue weighted by molar-refractivity contribution is -0.137. The van der Waals surface area contributed by atoms with Gasteiger partial charge in [-0.1, -0.05) is 0 Å². The zero-order valence-corrected chi connectivity index (χ0v) is 9.57. The van der Waals surface area contributed by atoms with Gasteiger partial charge in [-0.2, -0.15) is 13.2 Å². The van der Waals surface area contributed by atoms with E-state index in [1.54, 1.807) is 0 Å². The van der Waals surface area contributed by atoms with Crippen LogP contribution in [0.4, 0.5) is 13.2 Å². The molecule has 0 fully saturated rings. The van der Waals surface area contributed by atoms with Gasteiger partial charge >= 0.3 is 6.18 Å². The minimum Gasteiger partial charge on any atom is -0.342 e. The zero-order valence-electron chi connectivity index (χ0n) is 8.81. The highest BCUT2D eigenvalue weighted by Crippen LogP contribution is 2.30. The highest BCUT2D eigenvalue weighted by molar-refractivity contribution is 6.17. The van der Waals surface area contributed by atoms with Crippen molar-refractivity contribution in [1.82, 2.24) is 9.97 Å². The summed E-state index contributed by atoms with van der Waals surface area (Å²) < 4.78 is 37.4. The van der Waals surface area contributed by atoms with E-state index in [0.29, 0.717) is 29.2 Å². The molecule has 0 spiro atoms. The molecule has 0 aliphatic rings. The van der Waals surface area contributed by atoms with Crippen molar-refractivity contribution in [3.63, 3.8) is 0 Å². The second kappa shape index (κ2) is 4.56. The minimum atomic E-state index is -4.32. The molecule has 2 aromatic rings. The van der Waals surface area contributed by atoms with Crippen LogP contribution < -0.4 is 0 Å². The van der Waals surface area contributed by atoms with Crippen LogP contribution in [0.15, 0.2) is 18.2 Å². The standard InChI is InChI=1S/C11H10ClF3N2/c12-5-1-2-10-16-8-4-3-7(11(13,14)15)6-9(8)17-10/h3-4,6H,1-2,5H2,(H,16,17). The molecule has 1 aromatic carbocycles. The second-order valence-corrected chi connectivity index (χ2v) is 4.08. The Kier molecular flexibility index (Phi) is 3.28. The molecule has 0 aliphatic carbocycles. The van der Waals surface area contributed by atoms with Gasteiger partial charge in [0.05, 0.1) is 16.6 Å². The van der Waals surface area contributed by atoms with Gasteiger partial charge in [0.1, 0.15) is 5.82 Å². The minimum absolute atomic E-state index is 0.407. The van der Waals surface area contributed by atoms with E-state index in [-0.39, 0.29) is 0 Å². The summed E-state index contributed by atoms with van der Waals surface area (Å²) in [5, 5.41) is 0. The number of imidazole rings is 1. The highest BCUT2D eigenvalue weighted by Gasteiger charge is 2.30. The Morgan fingerprint density at radius 1 is 1.29 bits per heavy atom. The fourth-order valence-electron chi connectivity index (χ4n) is 1.59. The average Bonchev–Trinajstić information content (AvgIpc) is 2.66. The van der Waals surface area contributed by atoms with Gasteiger partial charge in [-0.25, -0.2) is 4.98 Å². The number of nitrogens with one attached hydrogen (secondary N) is 1. The summed E-state index contributed by atoms with van der Waals surface area (Å²) in [6.45, 7) is 0. The molecule has 1 N–H and O–H groups in total. The molecular weight excluding hydrogens is 253 g/mol. The number of fused-ring (bicyclic) bond motifs is 1. The monoisotopic (exact) mass is 262 g/mol. The zero-order chi connectivity index (χ0) is 12.5. The van der Waals surface area contributed by atoms with Gasteiger partial charge in [0, 0.05) is 12.3 Å². The number of benzene rings is 1. The molecule has 0 bridgehead atoms. The van der Waals surface area contributed by atoms with Crippen molar-refractivity contribution in [3.8, 4) is 0 Å². The molecule has 2 rings (SSSR count). The van der Waals surface area contributed by atoms with E-state index in [0.717, 1.165) is 18.6 Å². The number of hydrogen-bond donors (Lipinski definition) is 1. The van der Waals surface area contributed by atoms with Crippen molar-refractivity contribution in [1.29, 1.82) is 0 Å². The number of nitrogens with zero attached hydrogens (tertiary/aromatic N) is 1. The Bertz CT molecular complexity index is 519. The molecule has 2 nitrogen and oxygen atoms in total. The maximum Gasteiger partial charge on any atom is 0.416 e. The number of aromatic amines is 1. The lowest BCUT2D eigenvalue weighted by Crippen LogP contribution is -2.04. The van der Waals surface area contributed by atoms with Crippen LogP contribution in [0.3, 0.4) is 0 Å². The van der Waals surface area contributed by atoms with Crippen molar-refractivity contribution in [2.24, 2.45) is 0 Å².